The second-order valence-electron chi connectivity index (χ2n) is 23.8. The van der Waals surface area contributed by atoms with Crippen LogP contribution < -0.4 is 0 Å². The van der Waals surface area contributed by atoms with Gasteiger partial charge in [0.25, 0.3) is 0 Å². The molecule has 0 radical (unpaired) electrons. The predicted octanol–water partition coefficient (Wildman–Crippen LogP) is 20.2. The molecule has 0 saturated carbocycles. The number of aliphatic hydroxyl groups excluding tert-OH is 1. The number of unbranched alkanes of at least 4 members (excludes halogenated alkanes) is 23. The zero-order valence-corrected chi connectivity index (χ0v) is 60.4. The average molecular weight is 1360 g/mol. The highest BCUT2D eigenvalue weighted by molar-refractivity contribution is 7.47. The van der Waals surface area contributed by atoms with Gasteiger partial charge in [0.05, 0.1) is 26.4 Å². The smallest absolute Gasteiger partial charge is 0.462 e. The number of rotatable bonds is 67. The van der Waals surface area contributed by atoms with Crippen molar-refractivity contribution < 1.29 is 80.2 Å². The van der Waals surface area contributed by atoms with Gasteiger partial charge >= 0.3 is 39.5 Å². The number of hydrogen-bond acceptors (Lipinski definition) is 15. The summed E-state index contributed by atoms with van der Waals surface area (Å²) in [6.45, 7) is 4.49. The number of allylic oxidation sites excluding steroid dienone is 18. The predicted molar refractivity (Wildman–Crippen MR) is 381 cm³/mol. The van der Waals surface area contributed by atoms with Gasteiger partial charge in [0, 0.05) is 25.7 Å². The largest absolute Gasteiger partial charge is 0.472 e. The van der Waals surface area contributed by atoms with Crippen LogP contribution in [0.4, 0.5) is 0 Å². The molecule has 0 aliphatic heterocycles. The van der Waals surface area contributed by atoms with E-state index in [0.29, 0.717) is 32.1 Å². The van der Waals surface area contributed by atoms with E-state index in [9.17, 15) is 43.2 Å². The minimum atomic E-state index is -4.99. The zero-order valence-electron chi connectivity index (χ0n) is 58.6. The molecule has 540 valence electrons. The first kappa shape index (κ1) is 89.7. The summed E-state index contributed by atoms with van der Waals surface area (Å²) in [7, 11) is -9.96. The Morgan fingerprint density at radius 1 is 0.309 bits per heavy atom. The molecular formula is C75H128O17P2. The van der Waals surface area contributed by atoms with Crippen molar-refractivity contribution in [1.29, 1.82) is 0 Å². The SMILES string of the molecule is CC/C=C\C/C=C\C/C=C\C/C=C\C/C=C\CCCC(=O)OCC(COP(=O)(O)OCC(O)COP(=O)(O)OCC(COC(=O)CCCCCCC/C=C\CCCC)OC(=O)CCCCCCCCCCCCC)OC(=O)CCCCCCC/C=C\C/C=C\C/C=C\CC. The maximum absolute atomic E-state index is 13.0. The number of carbonyl (C=O) groups excluding carboxylic acids is 4. The highest BCUT2D eigenvalue weighted by atomic mass is 31.2. The fourth-order valence-electron chi connectivity index (χ4n) is 9.25. The number of esters is 4. The van der Waals surface area contributed by atoms with E-state index in [1.165, 1.54) is 51.4 Å². The lowest BCUT2D eigenvalue weighted by Crippen LogP contribution is -2.30. The number of hydrogen-bond donors (Lipinski definition) is 3. The maximum atomic E-state index is 13.0. The lowest BCUT2D eigenvalue weighted by Gasteiger charge is -2.21. The first-order valence-electron chi connectivity index (χ1n) is 36.1. The summed E-state index contributed by atoms with van der Waals surface area (Å²) in [6.07, 6.45) is 69.7. The summed E-state index contributed by atoms with van der Waals surface area (Å²) < 4.78 is 68.2. The lowest BCUT2D eigenvalue weighted by atomic mass is 10.1. The van der Waals surface area contributed by atoms with E-state index in [1.54, 1.807) is 0 Å². The molecule has 0 fully saturated rings. The number of aliphatic hydroxyl groups is 1. The first-order valence-corrected chi connectivity index (χ1v) is 39.1. The van der Waals surface area contributed by atoms with Gasteiger partial charge in [0.2, 0.25) is 0 Å². The van der Waals surface area contributed by atoms with Crippen LogP contribution in [0.25, 0.3) is 0 Å². The summed E-state index contributed by atoms with van der Waals surface area (Å²) >= 11 is 0. The Balaban J connectivity index is 5.39. The first-order chi connectivity index (χ1) is 45.7. The highest BCUT2D eigenvalue weighted by Gasteiger charge is 2.30. The second-order valence-corrected chi connectivity index (χ2v) is 26.7. The molecule has 0 aromatic rings. The van der Waals surface area contributed by atoms with Gasteiger partial charge < -0.3 is 33.8 Å². The van der Waals surface area contributed by atoms with Crippen LogP contribution in [0.15, 0.2) is 109 Å². The average Bonchev–Trinajstić information content (AvgIpc) is 1.29. The summed E-state index contributed by atoms with van der Waals surface area (Å²) in [5.41, 5.74) is 0. The van der Waals surface area contributed by atoms with Gasteiger partial charge in [0.15, 0.2) is 12.2 Å². The van der Waals surface area contributed by atoms with Gasteiger partial charge in [0.1, 0.15) is 19.3 Å². The molecule has 5 atom stereocenters. The van der Waals surface area contributed by atoms with Gasteiger partial charge in [-0.1, -0.05) is 253 Å². The van der Waals surface area contributed by atoms with E-state index in [4.69, 9.17) is 37.0 Å². The Kier molecular flexibility index (Phi) is 64.2. The van der Waals surface area contributed by atoms with Crippen molar-refractivity contribution in [2.45, 2.75) is 303 Å². The Bertz CT molecular complexity index is 2220. The van der Waals surface area contributed by atoms with Crippen molar-refractivity contribution in [3.63, 3.8) is 0 Å². The summed E-state index contributed by atoms with van der Waals surface area (Å²) in [6, 6.07) is 0. The number of ether oxygens (including phenoxy) is 4. The van der Waals surface area contributed by atoms with Crippen molar-refractivity contribution in [2.75, 3.05) is 39.6 Å². The normalized spacial score (nSPS) is 14.7. The highest BCUT2D eigenvalue weighted by Crippen LogP contribution is 2.45. The molecule has 17 nitrogen and oxygen atoms in total. The third kappa shape index (κ3) is 66.3. The maximum Gasteiger partial charge on any atom is 0.472 e. The zero-order chi connectivity index (χ0) is 69.0. The van der Waals surface area contributed by atoms with Crippen LogP contribution in [0, 0.1) is 0 Å². The van der Waals surface area contributed by atoms with E-state index in [1.807, 2.05) is 12.2 Å². The molecule has 0 aromatic carbocycles. The lowest BCUT2D eigenvalue weighted by molar-refractivity contribution is -0.161. The van der Waals surface area contributed by atoms with Crippen LogP contribution in [0.2, 0.25) is 0 Å². The van der Waals surface area contributed by atoms with Crippen molar-refractivity contribution >= 4 is 39.5 Å². The van der Waals surface area contributed by atoms with Gasteiger partial charge in [-0.2, -0.15) is 0 Å². The standard InChI is InChI=1S/C75H128O17P2/c1-5-9-13-17-21-25-29-31-33-34-36-37-41-44-48-52-56-60-73(78)86-66-71(92-75(80)62-58-54-50-46-42-38-35-32-30-26-22-18-14-10-6-2)68-90-94(83,84)88-64-69(76)63-87-93(81,82)89-67-70(91-74(79)61-57-53-49-45-40-28-24-20-16-12-8-4)65-85-72(77)59-55-51-47-43-39-27-23-19-15-11-7-3/h9-10,13-14,19,21-23,25-26,31-33,35-37,44,48,69-71,76H,5-8,11-12,15-18,20,24,27-30,34,38-43,45-47,49-68H2,1-4H3,(H,81,82)(H,83,84)/b13-9-,14-10-,23-19-,25-21-,26-22-,33-31-,35-32-,37-36-,48-44-. The molecule has 0 heterocycles. The summed E-state index contributed by atoms with van der Waals surface area (Å²) in [5.74, 6) is -2.27. The van der Waals surface area contributed by atoms with E-state index in [-0.39, 0.29) is 25.7 Å². The summed E-state index contributed by atoms with van der Waals surface area (Å²) in [4.78, 5) is 72.6. The molecule has 0 aliphatic rings. The molecule has 19 heteroatoms. The fourth-order valence-corrected chi connectivity index (χ4v) is 10.8. The van der Waals surface area contributed by atoms with E-state index in [0.717, 1.165) is 148 Å². The molecule has 5 unspecified atom stereocenters. The van der Waals surface area contributed by atoms with Crippen LogP contribution in [0.3, 0.4) is 0 Å². The molecule has 0 rings (SSSR count). The minimum Gasteiger partial charge on any atom is -0.462 e. The van der Waals surface area contributed by atoms with E-state index >= 15 is 0 Å². The van der Waals surface area contributed by atoms with Gasteiger partial charge in [-0.25, -0.2) is 9.13 Å². The molecule has 0 spiro atoms. The molecule has 3 N–H and O–H groups in total. The Morgan fingerprint density at radius 2 is 0.574 bits per heavy atom. The fraction of sp³-hybridized carbons (Fsp3) is 0.707. The third-order valence-corrected chi connectivity index (χ3v) is 16.6. The number of carbonyl (C=O) groups is 4. The Labute approximate surface area is 569 Å². The van der Waals surface area contributed by atoms with Crippen LogP contribution in [-0.2, 0) is 65.4 Å². The van der Waals surface area contributed by atoms with Crippen LogP contribution in [0.5, 0.6) is 0 Å². The van der Waals surface area contributed by atoms with Crippen molar-refractivity contribution in [2.24, 2.45) is 0 Å². The van der Waals surface area contributed by atoms with Crippen LogP contribution in [0.1, 0.15) is 285 Å². The minimum absolute atomic E-state index is 0.0617. The van der Waals surface area contributed by atoms with Gasteiger partial charge in [-0.15, -0.1) is 0 Å². The van der Waals surface area contributed by atoms with Crippen LogP contribution in [-0.4, -0.2) is 96.7 Å². The molecule has 0 amide bonds. The van der Waals surface area contributed by atoms with Crippen molar-refractivity contribution in [1.82, 2.24) is 0 Å². The van der Waals surface area contributed by atoms with Gasteiger partial charge in [-0.05, 0) is 116 Å². The molecule has 0 aliphatic carbocycles. The topological polar surface area (TPSA) is 237 Å². The summed E-state index contributed by atoms with van der Waals surface area (Å²) in [5, 5.41) is 10.6. The van der Waals surface area contributed by atoms with E-state index < -0.39 is 97.5 Å². The van der Waals surface area contributed by atoms with E-state index in [2.05, 4.69) is 125 Å². The van der Waals surface area contributed by atoms with Gasteiger partial charge in [-0.3, -0.25) is 37.3 Å². The van der Waals surface area contributed by atoms with Crippen molar-refractivity contribution in [3.8, 4) is 0 Å². The Morgan fingerprint density at radius 3 is 0.936 bits per heavy atom. The van der Waals surface area contributed by atoms with Crippen molar-refractivity contribution in [3.05, 3.63) is 109 Å². The molecule has 0 aromatic heterocycles. The molecule has 94 heavy (non-hydrogen) atoms. The Hall–Kier alpha value is -4.28. The van der Waals surface area contributed by atoms with Crippen LogP contribution >= 0.6 is 15.6 Å². The second kappa shape index (κ2) is 67.3. The quantitative estimate of drug-likeness (QED) is 0.0169. The monoisotopic (exact) mass is 1360 g/mol. The number of phosphoric ester groups is 2. The molecule has 0 bridgehead atoms. The number of phosphoric acid groups is 2. The molecular weight excluding hydrogens is 1230 g/mol. The molecule has 0 saturated heterocycles. The third-order valence-electron chi connectivity index (χ3n) is 14.7.